The third-order valence-electron chi connectivity index (χ3n) is 3.04. The fraction of sp³-hybridized carbons (Fsp3) is 0.429. The number of hydrogen-bond acceptors (Lipinski definition) is 4. The maximum atomic E-state index is 12.2. The summed E-state index contributed by atoms with van der Waals surface area (Å²) in [4.78, 5) is 23.8. The highest BCUT2D eigenvalue weighted by Crippen LogP contribution is 2.23. The molecule has 20 heavy (non-hydrogen) atoms. The largest absolute Gasteiger partial charge is 0.465 e. The van der Waals surface area contributed by atoms with Crippen LogP contribution in [-0.4, -0.2) is 25.5 Å². The molecular formula is C14H19ClN2O3. The van der Waals surface area contributed by atoms with E-state index in [-0.39, 0.29) is 29.9 Å². The Morgan fingerprint density at radius 3 is 2.55 bits per heavy atom. The van der Waals surface area contributed by atoms with Crippen molar-refractivity contribution in [2.24, 2.45) is 17.6 Å². The van der Waals surface area contributed by atoms with E-state index in [0.29, 0.717) is 10.7 Å². The number of amides is 1. The molecule has 0 saturated heterocycles. The Labute approximate surface area is 123 Å². The van der Waals surface area contributed by atoms with Gasteiger partial charge in [-0.3, -0.25) is 4.79 Å². The molecule has 0 saturated carbocycles. The molecule has 1 amide bonds. The number of carbonyl (C=O) groups excluding carboxylic acids is 2. The SMILES string of the molecule is COC(=O)c1cc(Cl)ccc1NC(=O)C(CN)C(C)C. The first kappa shape index (κ1) is 16.5. The number of nitrogens with two attached hydrogens (primary N) is 1. The average Bonchev–Trinajstić information content (AvgIpc) is 2.40. The van der Waals surface area contributed by atoms with Crippen molar-refractivity contribution < 1.29 is 14.3 Å². The molecule has 0 radical (unpaired) electrons. The second kappa shape index (κ2) is 7.26. The number of benzene rings is 1. The first-order valence-corrected chi connectivity index (χ1v) is 6.67. The van der Waals surface area contributed by atoms with Crippen molar-refractivity contribution in [1.82, 2.24) is 0 Å². The van der Waals surface area contributed by atoms with Gasteiger partial charge >= 0.3 is 5.97 Å². The van der Waals surface area contributed by atoms with Crippen molar-refractivity contribution in [1.29, 1.82) is 0 Å². The van der Waals surface area contributed by atoms with Crippen LogP contribution in [-0.2, 0) is 9.53 Å². The summed E-state index contributed by atoms with van der Waals surface area (Å²) in [5, 5.41) is 3.10. The number of halogens is 1. The molecule has 1 unspecified atom stereocenters. The quantitative estimate of drug-likeness (QED) is 0.817. The number of ether oxygens (including phenoxy) is 1. The number of hydrogen-bond donors (Lipinski definition) is 2. The lowest BCUT2D eigenvalue weighted by atomic mass is 9.95. The summed E-state index contributed by atoms with van der Waals surface area (Å²) in [6.07, 6.45) is 0. The predicted molar refractivity (Wildman–Crippen MR) is 78.8 cm³/mol. The zero-order valence-corrected chi connectivity index (χ0v) is 12.5. The van der Waals surface area contributed by atoms with E-state index in [4.69, 9.17) is 17.3 Å². The van der Waals surface area contributed by atoms with E-state index >= 15 is 0 Å². The van der Waals surface area contributed by atoms with Gasteiger partial charge in [0.1, 0.15) is 0 Å². The molecular weight excluding hydrogens is 280 g/mol. The average molecular weight is 299 g/mol. The predicted octanol–water partition coefficient (Wildman–Crippen LogP) is 2.30. The highest BCUT2D eigenvalue weighted by molar-refractivity contribution is 6.31. The van der Waals surface area contributed by atoms with Gasteiger partial charge in [0.05, 0.1) is 24.3 Å². The van der Waals surface area contributed by atoms with Crippen LogP contribution in [0, 0.1) is 11.8 Å². The molecule has 0 spiro atoms. The Hall–Kier alpha value is -1.59. The minimum Gasteiger partial charge on any atom is -0.465 e. The van der Waals surface area contributed by atoms with Crippen LogP contribution in [0.2, 0.25) is 5.02 Å². The van der Waals surface area contributed by atoms with Gasteiger partial charge in [-0.05, 0) is 24.1 Å². The molecule has 0 fully saturated rings. The maximum absolute atomic E-state index is 12.2. The summed E-state index contributed by atoms with van der Waals surface area (Å²) in [7, 11) is 1.27. The van der Waals surface area contributed by atoms with Crippen molar-refractivity contribution in [2.75, 3.05) is 19.0 Å². The molecule has 1 atom stereocenters. The van der Waals surface area contributed by atoms with Gasteiger partial charge in [0.2, 0.25) is 5.91 Å². The van der Waals surface area contributed by atoms with Gasteiger partial charge in [-0.15, -0.1) is 0 Å². The second-order valence-corrected chi connectivity index (χ2v) is 5.19. The van der Waals surface area contributed by atoms with Crippen LogP contribution in [0.4, 0.5) is 5.69 Å². The van der Waals surface area contributed by atoms with Crippen LogP contribution in [0.1, 0.15) is 24.2 Å². The van der Waals surface area contributed by atoms with Crippen LogP contribution in [0.3, 0.4) is 0 Å². The molecule has 0 aliphatic heterocycles. The summed E-state index contributed by atoms with van der Waals surface area (Å²) in [6, 6.07) is 4.62. The Morgan fingerprint density at radius 1 is 1.40 bits per heavy atom. The van der Waals surface area contributed by atoms with E-state index in [9.17, 15) is 9.59 Å². The minimum absolute atomic E-state index is 0.105. The molecule has 0 aromatic heterocycles. The monoisotopic (exact) mass is 298 g/mol. The van der Waals surface area contributed by atoms with Gasteiger partial charge < -0.3 is 15.8 Å². The Balaban J connectivity index is 3.03. The molecule has 1 rings (SSSR count). The van der Waals surface area contributed by atoms with Crippen molar-refractivity contribution >= 4 is 29.2 Å². The smallest absolute Gasteiger partial charge is 0.340 e. The van der Waals surface area contributed by atoms with E-state index in [1.54, 1.807) is 12.1 Å². The maximum Gasteiger partial charge on any atom is 0.340 e. The number of rotatable bonds is 5. The Morgan fingerprint density at radius 2 is 2.05 bits per heavy atom. The summed E-state index contributed by atoms with van der Waals surface area (Å²) in [5.41, 5.74) is 6.18. The molecule has 110 valence electrons. The number of carbonyl (C=O) groups is 2. The lowest BCUT2D eigenvalue weighted by Gasteiger charge is -2.19. The fourth-order valence-corrected chi connectivity index (χ4v) is 1.98. The second-order valence-electron chi connectivity index (χ2n) is 4.76. The first-order valence-electron chi connectivity index (χ1n) is 6.29. The third kappa shape index (κ3) is 3.95. The van der Waals surface area contributed by atoms with E-state index in [0.717, 1.165) is 0 Å². The normalized spacial score (nSPS) is 12.1. The lowest BCUT2D eigenvalue weighted by molar-refractivity contribution is -0.120. The molecule has 3 N–H and O–H groups in total. The zero-order valence-electron chi connectivity index (χ0n) is 11.8. The van der Waals surface area contributed by atoms with Gasteiger partial charge in [-0.25, -0.2) is 4.79 Å². The zero-order chi connectivity index (χ0) is 15.3. The van der Waals surface area contributed by atoms with Gasteiger partial charge in [-0.2, -0.15) is 0 Å². The van der Waals surface area contributed by atoms with Crippen LogP contribution in [0.25, 0.3) is 0 Å². The van der Waals surface area contributed by atoms with Crippen molar-refractivity contribution in [3.8, 4) is 0 Å². The van der Waals surface area contributed by atoms with Gasteiger partial charge in [-0.1, -0.05) is 25.4 Å². The van der Waals surface area contributed by atoms with Crippen LogP contribution < -0.4 is 11.1 Å². The standard InChI is InChI=1S/C14H19ClN2O3/c1-8(2)11(7-16)13(18)17-12-5-4-9(15)6-10(12)14(19)20-3/h4-6,8,11H,7,16H2,1-3H3,(H,17,18). The number of anilines is 1. The third-order valence-corrected chi connectivity index (χ3v) is 3.28. The Bertz CT molecular complexity index is 503. The molecule has 1 aromatic carbocycles. The molecule has 6 heteroatoms. The molecule has 1 aromatic rings. The highest BCUT2D eigenvalue weighted by atomic mass is 35.5. The highest BCUT2D eigenvalue weighted by Gasteiger charge is 2.22. The van der Waals surface area contributed by atoms with Gasteiger partial charge in [0, 0.05) is 11.6 Å². The van der Waals surface area contributed by atoms with Crippen LogP contribution in [0.15, 0.2) is 18.2 Å². The van der Waals surface area contributed by atoms with Crippen molar-refractivity contribution in [2.45, 2.75) is 13.8 Å². The minimum atomic E-state index is -0.559. The van der Waals surface area contributed by atoms with Crippen LogP contribution in [0.5, 0.6) is 0 Å². The first-order chi connectivity index (χ1) is 9.40. The van der Waals surface area contributed by atoms with E-state index in [1.165, 1.54) is 13.2 Å². The molecule has 0 heterocycles. The number of methoxy groups -OCH3 is 1. The fourth-order valence-electron chi connectivity index (χ4n) is 1.81. The Kier molecular flexibility index (Phi) is 5.98. The topological polar surface area (TPSA) is 81.4 Å². The molecule has 0 bridgehead atoms. The van der Waals surface area contributed by atoms with Crippen molar-refractivity contribution in [3.63, 3.8) is 0 Å². The van der Waals surface area contributed by atoms with Gasteiger partial charge in [0.15, 0.2) is 0 Å². The summed E-state index contributed by atoms with van der Waals surface area (Å²) >= 11 is 5.85. The van der Waals surface area contributed by atoms with E-state index in [2.05, 4.69) is 10.1 Å². The summed E-state index contributed by atoms with van der Waals surface area (Å²) in [5.74, 6) is -1.00. The lowest BCUT2D eigenvalue weighted by Crippen LogP contribution is -2.33. The molecule has 0 aliphatic rings. The van der Waals surface area contributed by atoms with Crippen molar-refractivity contribution in [3.05, 3.63) is 28.8 Å². The summed E-state index contributed by atoms with van der Waals surface area (Å²) in [6.45, 7) is 4.07. The molecule has 0 aliphatic carbocycles. The van der Waals surface area contributed by atoms with E-state index < -0.39 is 5.97 Å². The van der Waals surface area contributed by atoms with Gasteiger partial charge in [0.25, 0.3) is 0 Å². The number of esters is 1. The van der Waals surface area contributed by atoms with E-state index in [1.807, 2.05) is 13.8 Å². The summed E-state index contributed by atoms with van der Waals surface area (Å²) < 4.78 is 4.67. The molecule has 5 nitrogen and oxygen atoms in total. The van der Waals surface area contributed by atoms with Crippen LogP contribution >= 0.6 is 11.6 Å². The number of nitrogens with one attached hydrogen (secondary N) is 1.